The summed E-state index contributed by atoms with van der Waals surface area (Å²) in [4.78, 5) is 4.63. The highest BCUT2D eigenvalue weighted by atomic mass is 127. The Kier molecular flexibility index (Phi) is 9.04. The van der Waals surface area contributed by atoms with Gasteiger partial charge in [-0.15, -0.1) is 24.0 Å². The summed E-state index contributed by atoms with van der Waals surface area (Å²) < 4.78 is 23.0. The molecule has 136 valence electrons. The molecule has 24 heavy (non-hydrogen) atoms. The van der Waals surface area contributed by atoms with E-state index in [4.69, 9.17) is 0 Å². The fourth-order valence-corrected chi connectivity index (χ4v) is 4.59. The van der Waals surface area contributed by atoms with Crippen LogP contribution >= 0.6 is 24.0 Å². The zero-order chi connectivity index (χ0) is 16.7. The third-order valence-electron chi connectivity index (χ3n) is 4.12. The lowest BCUT2D eigenvalue weighted by Crippen LogP contribution is -2.40. The molecule has 1 aromatic rings. The first-order valence-electron chi connectivity index (χ1n) is 8.27. The maximum atomic E-state index is 11.5. The summed E-state index contributed by atoms with van der Waals surface area (Å²) in [7, 11) is -2.82. The molecular weight excluding hydrogens is 437 g/mol. The second kappa shape index (κ2) is 10.2. The Morgan fingerprint density at radius 3 is 2.58 bits per heavy atom. The summed E-state index contributed by atoms with van der Waals surface area (Å²) in [6.07, 6.45) is 0.745. The van der Waals surface area contributed by atoms with E-state index in [1.807, 2.05) is 25.1 Å². The molecule has 0 bridgehead atoms. The average Bonchev–Trinajstić information content (AvgIpc) is 2.90. The van der Waals surface area contributed by atoms with Crippen LogP contribution in [0.15, 0.2) is 35.3 Å². The molecule has 2 unspecified atom stereocenters. The first-order valence-corrected chi connectivity index (χ1v) is 10.1. The van der Waals surface area contributed by atoms with E-state index in [-0.39, 0.29) is 29.9 Å². The zero-order valence-electron chi connectivity index (χ0n) is 14.4. The van der Waals surface area contributed by atoms with Crippen LogP contribution in [0.1, 0.15) is 31.7 Å². The van der Waals surface area contributed by atoms with Crippen molar-refractivity contribution in [2.24, 2.45) is 10.9 Å². The van der Waals surface area contributed by atoms with Gasteiger partial charge in [-0.1, -0.05) is 37.3 Å². The van der Waals surface area contributed by atoms with Gasteiger partial charge in [-0.25, -0.2) is 8.42 Å². The number of benzene rings is 1. The summed E-state index contributed by atoms with van der Waals surface area (Å²) >= 11 is 0. The number of nitrogens with zero attached hydrogens (tertiary/aromatic N) is 1. The molecule has 2 atom stereocenters. The Labute approximate surface area is 162 Å². The quantitative estimate of drug-likeness (QED) is 0.385. The number of aliphatic imine (C=N–C) groups is 1. The zero-order valence-corrected chi connectivity index (χ0v) is 17.5. The van der Waals surface area contributed by atoms with Crippen LogP contribution in [0.25, 0.3) is 0 Å². The molecule has 0 aliphatic carbocycles. The number of rotatable bonds is 6. The Bertz CT molecular complexity index is 620. The minimum absolute atomic E-state index is 0. The van der Waals surface area contributed by atoms with Gasteiger partial charge in [0.15, 0.2) is 15.8 Å². The summed E-state index contributed by atoms with van der Waals surface area (Å²) in [6, 6.07) is 10.3. The van der Waals surface area contributed by atoms with Crippen LogP contribution in [0, 0.1) is 5.92 Å². The Hall–Kier alpha value is -0.830. The lowest BCUT2D eigenvalue weighted by Gasteiger charge is -2.15. The first kappa shape index (κ1) is 21.2. The Morgan fingerprint density at radius 1 is 1.29 bits per heavy atom. The van der Waals surface area contributed by atoms with Crippen LogP contribution in [0.4, 0.5) is 0 Å². The van der Waals surface area contributed by atoms with E-state index in [1.54, 1.807) is 0 Å². The number of sulfone groups is 1. The van der Waals surface area contributed by atoms with Crippen molar-refractivity contribution in [2.75, 3.05) is 31.1 Å². The molecule has 2 N–H and O–H groups in total. The van der Waals surface area contributed by atoms with Crippen LogP contribution in [-0.2, 0) is 9.84 Å². The van der Waals surface area contributed by atoms with Gasteiger partial charge >= 0.3 is 0 Å². The van der Waals surface area contributed by atoms with E-state index in [2.05, 4.69) is 34.7 Å². The monoisotopic (exact) mass is 465 g/mol. The lowest BCUT2D eigenvalue weighted by molar-refractivity contribution is 0.567. The largest absolute Gasteiger partial charge is 0.357 e. The van der Waals surface area contributed by atoms with E-state index in [1.165, 1.54) is 5.56 Å². The predicted octanol–water partition coefficient (Wildman–Crippen LogP) is 2.40. The number of hydrogen-bond acceptors (Lipinski definition) is 3. The fraction of sp³-hybridized carbons (Fsp3) is 0.588. The first-order chi connectivity index (χ1) is 11.0. The Morgan fingerprint density at radius 2 is 2.00 bits per heavy atom. The van der Waals surface area contributed by atoms with Crippen molar-refractivity contribution in [2.45, 2.75) is 26.2 Å². The van der Waals surface area contributed by atoms with Crippen molar-refractivity contribution in [3.63, 3.8) is 0 Å². The molecule has 1 saturated heterocycles. The molecule has 1 aliphatic rings. The van der Waals surface area contributed by atoms with Crippen LogP contribution in [-0.4, -0.2) is 45.5 Å². The molecular formula is C17H28IN3O2S. The molecule has 1 fully saturated rings. The number of guanidine groups is 1. The molecule has 5 nitrogen and oxygen atoms in total. The van der Waals surface area contributed by atoms with Gasteiger partial charge in [-0.3, -0.25) is 4.99 Å². The minimum Gasteiger partial charge on any atom is -0.357 e. The molecule has 0 radical (unpaired) electrons. The van der Waals surface area contributed by atoms with E-state index in [0.29, 0.717) is 30.5 Å². The van der Waals surface area contributed by atoms with E-state index in [9.17, 15) is 8.42 Å². The van der Waals surface area contributed by atoms with Gasteiger partial charge < -0.3 is 10.6 Å². The second-order valence-corrected chi connectivity index (χ2v) is 8.41. The van der Waals surface area contributed by atoms with Gasteiger partial charge in [0, 0.05) is 25.6 Å². The fourth-order valence-electron chi connectivity index (χ4n) is 2.73. The lowest BCUT2D eigenvalue weighted by atomic mass is 10.0. The third-order valence-corrected chi connectivity index (χ3v) is 5.96. The van der Waals surface area contributed by atoms with Crippen LogP contribution in [0.3, 0.4) is 0 Å². The minimum atomic E-state index is -2.82. The topological polar surface area (TPSA) is 70.6 Å². The van der Waals surface area contributed by atoms with Gasteiger partial charge in [0.05, 0.1) is 11.5 Å². The molecule has 0 saturated carbocycles. The van der Waals surface area contributed by atoms with Gasteiger partial charge in [0.25, 0.3) is 0 Å². The van der Waals surface area contributed by atoms with Crippen LogP contribution in [0.5, 0.6) is 0 Å². The molecule has 1 aliphatic heterocycles. The van der Waals surface area contributed by atoms with Crippen LogP contribution in [0.2, 0.25) is 0 Å². The van der Waals surface area contributed by atoms with E-state index in [0.717, 1.165) is 18.9 Å². The molecule has 1 heterocycles. The SMILES string of the molecule is CCNC(=NCC(C)c1ccccc1)NCC1CCS(=O)(=O)C1.I. The number of halogens is 1. The summed E-state index contributed by atoms with van der Waals surface area (Å²) in [6.45, 7) is 6.32. The highest BCUT2D eigenvalue weighted by Gasteiger charge is 2.27. The summed E-state index contributed by atoms with van der Waals surface area (Å²) in [5.41, 5.74) is 1.27. The molecule has 0 amide bonds. The molecule has 0 aromatic heterocycles. The average molecular weight is 465 g/mol. The molecule has 2 rings (SSSR count). The number of nitrogens with one attached hydrogen (secondary N) is 2. The van der Waals surface area contributed by atoms with E-state index < -0.39 is 9.84 Å². The van der Waals surface area contributed by atoms with Crippen molar-refractivity contribution in [1.29, 1.82) is 0 Å². The van der Waals surface area contributed by atoms with E-state index >= 15 is 0 Å². The van der Waals surface area contributed by atoms with Gasteiger partial charge in [0.2, 0.25) is 0 Å². The summed E-state index contributed by atoms with van der Waals surface area (Å²) in [5.74, 6) is 1.91. The van der Waals surface area contributed by atoms with Crippen molar-refractivity contribution in [3.05, 3.63) is 35.9 Å². The van der Waals surface area contributed by atoms with Gasteiger partial charge in [-0.05, 0) is 24.8 Å². The Balaban J connectivity index is 0.00000288. The second-order valence-electron chi connectivity index (χ2n) is 6.18. The number of hydrogen-bond donors (Lipinski definition) is 2. The van der Waals surface area contributed by atoms with Gasteiger partial charge in [-0.2, -0.15) is 0 Å². The molecule has 7 heteroatoms. The van der Waals surface area contributed by atoms with Crippen molar-refractivity contribution < 1.29 is 8.42 Å². The highest BCUT2D eigenvalue weighted by molar-refractivity contribution is 14.0. The smallest absolute Gasteiger partial charge is 0.191 e. The van der Waals surface area contributed by atoms with Crippen molar-refractivity contribution in [1.82, 2.24) is 10.6 Å². The summed E-state index contributed by atoms with van der Waals surface area (Å²) in [5, 5.41) is 6.51. The standard InChI is InChI=1S/C17H27N3O2S.HI/c1-3-18-17(20-12-15-9-10-23(21,22)13-15)19-11-14(2)16-7-5-4-6-8-16;/h4-8,14-15H,3,9-13H2,1-2H3,(H2,18,19,20);1H. The molecule has 0 spiro atoms. The van der Waals surface area contributed by atoms with Crippen molar-refractivity contribution >= 4 is 39.8 Å². The maximum Gasteiger partial charge on any atom is 0.191 e. The normalized spacial score (nSPS) is 20.9. The van der Waals surface area contributed by atoms with Crippen molar-refractivity contribution in [3.8, 4) is 0 Å². The maximum absolute atomic E-state index is 11.5. The highest BCUT2D eigenvalue weighted by Crippen LogP contribution is 2.17. The predicted molar refractivity (Wildman–Crippen MR) is 111 cm³/mol. The third kappa shape index (κ3) is 6.96. The molecule has 1 aromatic carbocycles. The van der Waals surface area contributed by atoms with Crippen LogP contribution < -0.4 is 10.6 Å². The van der Waals surface area contributed by atoms with Gasteiger partial charge in [0.1, 0.15) is 0 Å².